The topological polar surface area (TPSA) is 18.5 Å². The number of fused-ring (bicyclic) bond motifs is 1. The van der Waals surface area contributed by atoms with Crippen LogP contribution in [0.1, 0.15) is 5.56 Å². The van der Waals surface area contributed by atoms with Crippen molar-refractivity contribution in [2.24, 2.45) is 0 Å². The zero-order valence-corrected chi connectivity index (χ0v) is 6.34. The minimum absolute atomic E-state index is 0.206. The van der Waals surface area contributed by atoms with Gasteiger partial charge in [0.2, 0.25) is 6.79 Å². The van der Waals surface area contributed by atoms with E-state index < -0.39 is 5.83 Å². The van der Waals surface area contributed by atoms with Gasteiger partial charge in [-0.25, -0.2) is 4.39 Å². The van der Waals surface area contributed by atoms with Crippen LogP contribution in [0.3, 0.4) is 0 Å². The second-order valence-electron chi connectivity index (χ2n) is 2.47. The van der Waals surface area contributed by atoms with Crippen molar-refractivity contribution in [1.82, 2.24) is 0 Å². The van der Waals surface area contributed by atoms with Crippen molar-refractivity contribution in [3.63, 3.8) is 0 Å². The van der Waals surface area contributed by atoms with Gasteiger partial charge in [0.1, 0.15) is 5.83 Å². The average molecular weight is 166 g/mol. The summed E-state index contributed by atoms with van der Waals surface area (Å²) in [6.45, 7) is 3.39. The summed E-state index contributed by atoms with van der Waals surface area (Å²) in [4.78, 5) is 0. The smallest absolute Gasteiger partial charge is 0.231 e. The van der Waals surface area contributed by atoms with Gasteiger partial charge >= 0.3 is 0 Å². The predicted molar refractivity (Wildman–Crippen MR) is 42.7 cm³/mol. The van der Waals surface area contributed by atoms with E-state index in [1.165, 1.54) is 0 Å². The molecule has 0 N–H and O–H groups in total. The molecule has 0 aromatic heterocycles. The summed E-state index contributed by atoms with van der Waals surface area (Å²) in [6.07, 6.45) is 0. The molecule has 1 aromatic carbocycles. The van der Waals surface area contributed by atoms with E-state index in [2.05, 4.69) is 6.58 Å². The Labute approximate surface area is 69.2 Å². The van der Waals surface area contributed by atoms with Crippen LogP contribution < -0.4 is 9.47 Å². The fraction of sp³-hybridized carbons (Fsp3) is 0.111. The van der Waals surface area contributed by atoms with Crippen molar-refractivity contribution in [3.8, 4) is 11.5 Å². The Morgan fingerprint density at radius 1 is 1.33 bits per heavy atom. The quantitative estimate of drug-likeness (QED) is 0.637. The van der Waals surface area contributed by atoms with Gasteiger partial charge in [-0.2, -0.15) is 0 Å². The molecule has 0 fully saturated rings. The maximum Gasteiger partial charge on any atom is 0.231 e. The first kappa shape index (κ1) is 7.16. The van der Waals surface area contributed by atoms with Gasteiger partial charge in [-0.3, -0.25) is 0 Å². The van der Waals surface area contributed by atoms with Crippen LogP contribution in [0.25, 0.3) is 5.83 Å². The summed E-state index contributed by atoms with van der Waals surface area (Å²) in [7, 11) is 0. The zero-order chi connectivity index (χ0) is 8.55. The second-order valence-corrected chi connectivity index (χ2v) is 2.47. The SMILES string of the molecule is C=C(F)c1ccc2c(c1)OCO2. The molecule has 0 bridgehead atoms. The summed E-state index contributed by atoms with van der Waals surface area (Å²) in [5.74, 6) is 0.764. The van der Waals surface area contributed by atoms with Crippen molar-refractivity contribution < 1.29 is 13.9 Å². The Balaban J connectivity index is 2.45. The molecule has 3 heteroatoms. The first-order valence-corrected chi connectivity index (χ1v) is 3.52. The molecule has 1 aliphatic rings. The Kier molecular flexibility index (Phi) is 1.50. The molecule has 0 spiro atoms. The summed E-state index contributed by atoms with van der Waals surface area (Å²) in [5, 5.41) is 0. The van der Waals surface area contributed by atoms with Gasteiger partial charge < -0.3 is 9.47 Å². The van der Waals surface area contributed by atoms with Gasteiger partial charge in [0.05, 0.1) is 0 Å². The number of hydrogen-bond donors (Lipinski definition) is 0. The molecule has 0 saturated heterocycles. The number of rotatable bonds is 1. The molecule has 1 aliphatic heterocycles. The summed E-state index contributed by atoms with van der Waals surface area (Å²) in [6, 6.07) is 4.85. The maximum atomic E-state index is 12.6. The molecule has 0 aliphatic carbocycles. The average Bonchev–Trinajstić information content (AvgIpc) is 2.49. The molecule has 2 rings (SSSR count). The van der Waals surface area contributed by atoms with Gasteiger partial charge in [-0.05, 0) is 18.2 Å². The van der Waals surface area contributed by atoms with E-state index in [4.69, 9.17) is 9.47 Å². The highest BCUT2D eigenvalue weighted by Crippen LogP contribution is 2.34. The van der Waals surface area contributed by atoms with Gasteiger partial charge in [0.25, 0.3) is 0 Å². The van der Waals surface area contributed by atoms with E-state index in [1.807, 2.05) is 0 Å². The number of hydrogen-bond acceptors (Lipinski definition) is 2. The molecule has 0 radical (unpaired) electrons. The first-order valence-electron chi connectivity index (χ1n) is 3.52. The van der Waals surface area contributed by atoms with Gasteiger partial charge in [0.15, 0.2) is 11.5 Å². The molecule has 2 nitrogen and oxygen atoms in total. The Morgan fingerprint density at radius 3 is 2.83 bits per heavy atom. The van der Waals surface area contributed by atoms with Crippen LogP contribution in [0.5, 0.6) is 11.5 Å². The van der Waals surface area contributed by atoms with E-state index in [0.29, 0.717) is 17.1 Å². The van der Waals surface area contributed by atoms with Crippen LogP contribution >= 0.6 is 0 Å². The Hall–Kier alpha value is -1.51. The van der Waals surface area contributed by atoms with E-state index in [9.17, 15) is 4.39 Å². The highest BCUT2D eigenvalue weighted by atomic mass is 19.1. The van der Waals surface area contributed by atoms with Crippen LogP contribution in [-0.2, 0) is 0 Å². The third kappa shape index (κ3) is 1.03. The van der Waals surface area contributed by atoms with Gasteiger partial charge in [0, 0.05) is 5.56 Å². The maximum absolute atomic E-state index is 12.6. The van der Waals surface area contributed by atoms with Crippen LogP contribution in [0.15, 0.2) is 24.8 Å². The van der Waals surface area contributed by atoms with Gasteiger partial charge in [-0.15, -0.1) is 0 Å². The molecule has 0 amide bonds. The lowest BCUT2D eigenvalue weighted by Gasteiger charge is -1.98. The summed E-state index contributed by atoms with van der Waals surface area (Å²) >= 11 is 0. The summed E-state index contributed by atoms with van der Waals surface area (Å²) < 4.78 is 22.7. The fourth-order valence-corrected chi connectivity index (χ4v) is 1.07. The second kappa shape index (κ2) is 2.52. The van der Waals surface area contributed by atoms with Gasteiger partial charge in [-0.1, -0.05) is 6.58 Å². The monoisotopic (exact) mass is 166 g/mol. The molecule has 1 heterocycles. The van der Waals surface area contributed by atoms with Crippen molar-refractivity contribution >= 4 is 5.83 Å². The molecule has 0 atom stereocenters. The Bertz CT molecular complexity index is 333. The number of ether oxygens (including phenoxy) is 2. The molecule has 1 aromatic rings. The standard InChI is InChI=1S/C9H7FO2/c1-6(10)7-2-3-8-9(4-7)12-5-11-8/h2-4H,1,5H2. The molecular weight excluding hydrogens is 159 g/mol. The van der Waals surface area contributed by atoms with Crippen LogP contribution in [0.4, 0.5) is 4.39 Å². The first-order chi connectivity index (χ1) is 5.77. The molecule has 0 saturated carbocycles. The molecule has 0 unspecified atom stereocenters. The van der Waals surface area contributed by atoms with Crippen LogP contribution in [0, 0.1) is 0 Å². The van der Waals surface area contributed by atoms with Crippen LogP contribution in [-0.4, -0.2) is 6.79 Å². The van der Waals surface area contributed by atoms with E-state index >= 15 is 0 Å². The van der Waals surface area contributed by atoms with E-state index in [-0.39, 0.29) is 6.79 Å². The normalized spacial score (nSPS) is 13.1. The largest absolute Gasteiger partial charge is 0.454 e. The lowest BCUT2D eigenvalue weighted by molar-refractivity contribution is 0.174. The minimum atomic E-state index is -0.465. The fourth-order valence-electron chi connectivity index (χ4n) is 1.07. The third-order valence-electron chi connectivity index (χ3n) is 1.69. The van der Waals surface area contributed by atoms with Crippen molar-refractivity contribution in [2.45, 2.75) is 0 Å². The highest BCUT2D eigenvalue weighted by molar-refractivity contribution is 5.61. The Morgan fingerprint density at radius 2 is 2.08 bits per heavy atom. The number of halogens is 1. The molecule has 62 valence electrons. The zero-order valence-electron chi connectivity index (χ0n) is 6.34. The molecule has 12 heavy (non-hydrogen) atoms. The third-order valence-corrected chi connectivity index (χ3v) is 1.69. The number of benzene rings is 1. The van der Waals surface area contributed by atoms with E-state index in [0.717, 1.165) is 0 Å². The summed E-state index contributed by atoms with van der Waals surface area (Å²) in [5.41, 5.74) is 0.430. The van der Waals surface area contributed by atoms with Crippen LogP contribution in [0.2, 0.25) is 0 Å². The van der Waals surface area contributed by atoms with Crippen molar-refractivity contribution in [3.05, 3.63) is 30.3 Å². The minimum Gasteiger partial charge on any atom is -0.454 e. The predicted octanol–water partition coefficient (Wildman–Crippen LogP) is 2.36. The lowest BCUT2D eigenvalue weighted by Crippen LogP contribution is -1.92. The molecular formula is C9H7FO2. The lowest BCUT2D eigenvalue weighted by atomic mass is 10.2. The van der Waals surface area contributed by atoms with E-state index in [1.54, 1.807) is 18.2 Å². The van der Waals surface area contributed by atoms with Crippen molar-refractivity contribution in [1.29, 1.82) is 0 Å². The highest BCUT2D eigenvalue weighted by Gasteiger charge is 2.13. The van der Waals surface area contributed by atoms with Crippen molar-refractivity contribution in [2.75, 3.05) is 6.79 Å².